The van der Waals surface area contributed by atoms with Gasteiger partial charge in [0.2, 0.25) is 0 Å². The molecule has 0 saturated carbocycles. The van der Waals surface area contributed by atoms with Crippen LogP contribution in [0.5, 0.6) is 0 Å². The second kappa shape index (κ2) is 3.95. The van der Waals surface area contributed by atoms with Gasteiger partial charge >= 0.3 is 0 Å². The van der Waals surface area contributed by atoms with Crippen LogP contribution in [0.15, 0.2) is 30.3 Å². The zero-order valence-electron chi connectivity index (χ0n) is 9.40. The van der Waals surface area contributed by atoms with Gasteiger partial charge in [-0.1, -0.05) is 30.3 Å². The van der Waals surface area contributed by atoms with Crippen molar-refractivity contribution in [2.75, 3.05) is 0 Å². The maximum absolute atomic E-state index is 10.2. The van der Waals surface area contributed by atoms with E-state index in [0.29, 0.717) is 0 Å². The third-order valence-corrected chi connectivity index (χ3v) is 3.18. The van der Waals surface area contributed by atoms with Gasteiger partial charge in [-0.3, -0.25) is 0 Å². The first kappa shape index (κ1) is 10.7. The molecule has 2 rings (SSSR count). The highest BCUT2D eigenvalue weighted by atomic mass is 16.3. The number of rotatable bonds is 2. The first-order chi connectivity index (χ1) is 7.08. The first-order valence-electron chi connectivity index (χ1n) is 5.59. The van der Waals surface area contributed by atoms with Gasteiger partial charge in [-0.2, -0.15) is 0 Å². The van der Waals surface area contributed by atoms with Crippen molar-refractivity contribution in [1.82, 2.24) is 5.32 Å². The third-order valence-electron chi connectivity index (χ3n) is 3.18. The lowest BCUT2D eigenvalue weighted by Crippen LogP contribution is -2.40. The van der Waals surface area contributed by atoms with Crippen molar-refractivity contribution >= 4 is 0 Å². The summed E-state index contributed by atoms with van der Waals surface area (Å²) in [5.41, 5.74) is 1.17. The molecule has 0 radical (unpaired) electrons. The minimum atomic E-state index is -0.382. The monoisotopic (exact) mass is 205 g/mol. The van der Waals surface area contributed by atoms with Crippen LogP contribution in [0.4, 0.5) is 0 Å². The van der Waals surface area contributed by atoms with E-state index in [2.05, 4.69) is 19.2 Å². The Labute approximate surface area is 91.3 Å². The van der Waals surface area contributed by atoms with Crippen molar-refractivity contribution in [1.29, 1.82) is 0 Å². The number of nitrogens with one attached hydrogen (secondary N) is 1. The number of aliphatic hydroxyl groups excluding tert-OH is 1. The summed E-state index contributed by atoms with van der Waals surface area (Å²) >= 11 is 0. The van der Waals surface area contributed by atoms with Gasteiger partial charge in [0.1, 0.15) is 0 Å². The molecule has 0 aromatic heterocycles. The molecule has 2 N–H and O–H groups in total. The molecule has 0 aliphatic carbocycles. The molecule has 2 unspecified atom stereocenters. The molecule has 1 aromatic carbocycles. The third kappa shape index (κ3) is 2.39. The number of aliphatic hydroxyl groups is 1. The minimum absolute atomic E-state index is 0.167. The lowest BCUT2D eigenvalue weighted by molar-refractivity contribution is 0.131. The molecule has 1 saturated heterocycles. The number of hydrogen-bond donors (Lipinski definition) is 2. The summed E-state index contributed by atoms with van der Waals surface area (Å²) in [6.07, 6.45) is 1.79. The van der Waals surface area contributed by atoms with Crippen molar-refractivity contribution in [2.45, 2.75) is 44.4 Å². The van der Waals surface area contributed by atoms with Gasteiger partial charge in [0.15, 0.2) is 0 Å². The summed E-state index contributed by atoms with van der Waals surface area (Å²) in [6.45, 7) is 4.37. The molecule has 82 valence electrons. The Morgan fingerprint density at radius 1 is 1.33 bits per heavy atom. The van der Waals surface area contributed by atoms with E-state index in [4.69, 9.17) is 0 Å². The van der Waals surface area contributed by atoms with Crippen molar-refractivity contribution < 1.29 is 5.11 Å². The topological polar surface area (TPSA) is 32.3 Å². The lowest BCUT2D eigenvalue weighted by Gasteiger charge is -2.23. The molecule has 1 fully saturated rings. The summed E-state index contributed by atoms with van der Waals surface area (Å²) in [4.78, 5) is 0. The molecule has 0 spiro atoms. The molecule has 15 heavy (non-hydrogen) atoms. The molecule has 1 aliphatic heterocycles. The summed E-state index contributed by atoms with van der Waals surface area (Å²) < 4.78 is 0. The summed E-state index contributed by atoms with van der Waals surface area (Å²) in [6, 6.07) is 10.1. The molecule has 2 heteroatoms. The fourth-order valence-corrected chi connectivity index (χ4v) is 2.28. The van der Waals surface area contributed by atoms with Gasteiger partial charge < -0.3 is 10.4 Å². The van der Waals surface area contributed by atoms with E-state index in [1.807, 2.05) is 30.3 Å². The molecule has 1 aromatic rings. The molecule has 1 aliphatic rings. The second-order valence-electron chi connectivity index (χ2n) is 5.03. The largest absolute Gasteiger partial charge is 0.387 e. The highest BCUT2D eigenvalue weighted by Gasteiger charge is 2.34. The van der Waals surface area contributed by atoms with Gasteiger partial charge in [0.25, 0.3) is 0 Å². The van der Waals surface area contributed by atoms with Crippen LogP contribution >= 0.6 is 0 Å². The fraction of sp³-hybridized carbons (Fsp3) is 0.538. The number of hydrogen-bond acceptors (Lipinski definition) is 2. The second-order valence-corrected chi connectivity index (χ2v) is 5.03. The van der Waals surface area contributed by atoms with Crippen LogP contribution in [0.3, 0.4) is 0 Å². The van der Waals surface area contributed by atoms with Crippen molar-refractivity contribution in [3.8, 4) is 0 Å². The van der Waals surface area contributed by atoms with E-state index in [1.54, 1.807) is 0 Å². The Bertz CT molecular complexity index is 321. The minimum Gasteiger partial charge on any atom is -0.387 e. The van der Waals surface area contributed by atoms with Crippen molar-refractivity contribution in [2.24, 2.45) is 0 Å². The smallest absolute Gasteiger partial charge is 0.0943 e. The van der Waals surface area contributed by atoms with Crippen LogP contribution in [-0.4, -0.2) is 16.7 Å². The van der Waals surface area contributed by atoms with Crippen LogP contribution in [0, 0.1) is 0 Å². The van der Waals surface area contributed by atoms with E-state index in [-0.39, 0.29) is 17.7 Å². The molecule has 0 amide bonds. The maximum atomic E-state index is 10.2. The quantitative estimate of drug-likeness (QED) is 0.776. The van der Waals surface area contributed by atoms with Crippen LogP contribution in [0.2, 0.25) is 0 Å². The SMILES string of the molecule is CC1(C)CCC(C(O)c2ccccc2)N1. The zero-order chi connectivity index (χ0) is 10.9. The molecule has 1 heterocycles. The Hall–Kier alpha value is -0.860. The maximum Gasteiger partial charge on any atom is 0.0943 e. The Morgan fingerprint density at radius 3 is 2.53 bits per heavy atom. The fourth-order valence-electron chi connectivity index (χ4n) is 2.28. The molecule has 2 nitrogen and oxygen atoms in total. The van der Waals surface area contributed by atoms with Crippen LogP contribution in [0.25, 0.3) is 0 Å². The Morgan fingerprint density at radius 2 is 2.00 bits per heavy atom. The standard InChI is InChI=1S/C13H19NO/c1-13(2)9-8-11(14-13)12(15)10-6-4-3-5-7-10/h3-7,11-12,14-15H,8-9H2,1-2H3. The van der Waals surface area contributed by atoms with E-state index in [9.17, 15) is 5.11 Å². The van der Waals surface area contributed by atoms with Crippen LogP contribution in [0.1, 0.15) is 38.4 Å². The highest BCUT2D eigenvalue weighted by molar-refractivity contribution is 5.19. The number of benzene rings is 1. The van der Waals surface area contributed by atoms with Crippen LogP contribution in [-0.2, 0) is 0 Å². The van der Waals surface area contributed by atoms with Gasteiger partial charge in [0.05, 0.1) is 6.10 Å². The van der Waals surface area contributed by atoms with E-state index in [0.717, 1.165) is 18.4 Å². The average molecular weight is 205 g/mol. The molecule has 0 bridgehead atoms. The predicted octanol–water partition coefficient (Wildman–Crippen LogP) is 2.25. The normalized spacial score (nSPS) is 26.5. The van der Waals surface area contributed by atoms with Gasteiger partial charge in [-0.25, -0.2) is 0 Å². The lowest BCUT2D eigenvalue weighted by atomic mass is 10.0. The first-order valence-corrected chi connectivity index (χ1v) is 5.59. The van der Waals surface area contributed by atoms with Gasteiger partial charge in [0, 0.05) is 11.6 Å². The Balaban J connectivity index is 2.07. The summed E-state index contributed by atoms with van der Waals surface area (Å²) in [5, 5.41) is 13.7. The highest BCUT2D eigenvalue weighted by Crippen LogP contribution is 2.29. The summed E-state index contributed by atoms with van der Waals surface area (Å²) in [5.74, 6) is 0. The van der Waals surface area contributed by atoms with Crippen LogP contribution < -0.4 is 5.32 Å². The zero-order valence-corrected chi connectivity index (χ0v) is 9.40. The van der Waals surface area contributed by atoms with Crippen molar-refractivity contribution in [3.63, 3.8) is 0 Å². The molecule has 2 atom stereocenters. The average Bonchev–Trinajstić information content (AvgIpc) is 2.59. The van der Waals surface area contributed by atoms with Crippen molar-refractivity contribution in [3.05, 3.63) is 35.9 Å². The van der Waals surface area contributed by atoms with Gasteiger partial charge in [-0.15, -0.1) is 0 Å². The van der Waals surface area contributed by atoms with E-state index < -0.39 is 0 Å². The summed E-state index contributed by atoms with van der Waals surface area (Å²) in [7, 11) is 0. The predicted molar refractivity (Wildman–Crippen MR) is 61.6 cm³/mol. The molecular formula is C13H19NO. The Kier molecular flexibility index (Phi) is 2.81. The molecular weight excluding hydrogens is 186 g/mol. The van der Waals surface area contributed by atoms with E-state index in [1.165, 1.54) is 0 Å². The van der Waals surface area contributed by atoms with Gasteiger partial charge in [-0.05, 0) is 32.3 Å². The van der Waals surface area contributed by atoms with E-state index >= 15 is 0 Å².